The molecule has 22 heavy (non-hydrogen) atoms. The van der Waals surface area contributed by atoms with E-state index in [1.807, 2.05) is 0 Å². The quantitative estimate of drug-likeness (QED) is 0.810. The number of halogens is 1. The van der Waals surface area contributed by atoms with Crippen LogP contribution in [0.15, 0.2) is 28.7 Å². The van der Waals surface area contributed by atoms with Crippen LogP contribution in [0, 0.1) is 0 Å². The van der Waals surface area contributed by atoms with Gasteiger partial charge in [0.2, 0.25) is 0 Å². The van der Waals surface area contributed by atoms with Gasteiger partial charge in [-0.05, 0) is 43.5 Å². The van der Waals surface area contributed by atoms with Crippen LogP contribution < -0.4 is 10.6 Å². The van der Waals surface area contributed by atoms with E-state index in [9.17, 15) is 9.59 Å². The number of carboxylic acid groups (broad SMARTS) is 1. The largest absolute Gasteiger partial charge is 0.465 e. The van der Waals surface area contributed by atoms with E-state index >= 15 is 0 Å². The number of rotatable bonds is 3. The number of furan rings is 1. The molecular weight excluding hydrogens is 308 g/mol. The Balaban J connectivity index is 1.65. The fourth-order valence-corrected chi connectivity index (χ4v) is 2.98. The Hall–Kier alpha value is -2.21. The van der Waals surface area contributed by atoms with Crippen molar-refractivity contribution in [3.05, 3.63) is 35.0 Å². The van der Waals surface area contributed by atoms with Gasteiger partial charge in [0.05, 0.1) is 0 Å². The van der Waals surface area contributed by atoms with E-state index in [1.165, 1.54) is 0 Å². The number of hydrogen-bond acceptors (Lipinski definition) is 3. The third-order valence-electron chi connectivity index (χ3n) is 3.80. The summed E-state index contributed by atoms with van der Waals surface area (Å²) < 4.78 is 5.51. The van der Waals surface area contributed by atoms with Gasteiger partial charge < -0.3 is 20.2 Å². The Morgan fingerprint density at radius 2 is 1.91 bits per heavy atom. The first-order chi connectivity index (χ1) is 10.5. The molecule has 2 aromatic rings. The standard InChI is InChI=1S/C15H15ClN2O4/c16-9-1-4-12-8(5-9)6-13(22-12)14(19)17-10-2-3-11(7-10)18-15(20)21/h1,4-6,10-11,18H,2-3,7H2,(H,17,19)(H,20,21). The van der Waals surface area contributed by atoms with Crippen molar-refractivity contribution in [1.82, 2.24) is 10.6 Å². The maximum atomic E-state index is 12.2. The summed E-state index contributed by atoms with van der Waals surface area (Å²) in [5.74, 6) is -0.0693. The highest BCUT2D eigenvalue weighted by atomic mass is 35.5. The third-order valence-corrected chi connectivity index (χ3v) is 4.03. The van der Waals surface area contributed by atoms with Gasteiger partial charge in [0.15, 0.2) is 5.76 Å². The maximum absolute atomic E-state index is 12.2. The highest BCUT2D eigenvalue weighted by Gasteiger charge is 2.27. The summed E-state index contributed by atoms with van der Waals surface area (Å²) in [4.78, 5) is 22.8. The maximum Gasteiger partial charge on any atom is 0.404 e. The van der Waals surface area contributed by atoms with Crippen molar-refractivity contribution in [2.24, 2.45) is 0 Å². The van der Waals surface area contributed by atoms with Gasteiger partial charge >= 0.3 is 6.09 Å². The molecule has 0 spiro atoms. The van der Waals surface area contributed by atoms with Crippen LogP contribution in [-0.4, -0.2) is 29.2 Å². The second-order valence-corrected chi connectivity index (χ2v) is 5.86. The van der Waals surface area contributed by atoms with Crippen molar-refractivity contribution < 1.29 is 19.1 Å². The minimum Gasteiger partial charge on any atom is -0.465 e. The SMILES string of the molecule is O=C(O)NC1CCC(NC(=O)c2cc3cc(Cl)ccc3o2)C1. The van der Waals surface area contributed by atoms with Crippen molar-refractivity contribution >= 4 is 34.6 Å². The molecule has 2 unspecified atom stereocenters. The molecule has 2 amide bonds. The summed E-state index contributed by atoms with van der Waals surface area (Å²) in [5.41, 5.74) is 0.603. The number of amides is 2. The first-order valence-electron chi connectivity index (χ1n) is 7.00. The first kappa shape index (κ1) is 14.7. The molecule has 1 aromatic heterocycles. The van der Waals surface area contributed by atoms with Crippen molar-refractivity contribution in [3.8, 4) is 0 Å². The monoisotopic (exact) mass is 322 g/mol. The van der Waals surface area contributed by atoms with Gasteiger partial charge in [-0.1, -0.05) is 11.6 Å². The normalized spacial score (nSPS) is 21.0. The molecule has 3 N–H and O–H groups in total. The van der Waals surface area contributed by atoms with E-state index in [2.05, 4.69) is 10.6 Å². The van der Waals surface area contributed by atoms with E-state index in [1.54, 1.807) is 24.3 Å². The molecule has 116 valence electrons. The number of carbonyl (C=O) groups excluding carboxylic acids is 1. The molecule has 1 aliphatic rings. The summed E-state index contributed by atoms with van der Waals surface area (Å²) in [6, 6.07) is 6.64. The lowest BCUT2D eigenvalue weighted by Gasteiger charge is -2.12. The summed E-state index contributed by atoms with van der Waals surface area (Å²) >= 11 is 5.91. The van der Waals surface area contributed by atoms with Crippen LogP contribution in [0.3, 0.4) is 0 Å². The second-order valence-electron chi connectivity index (χ2n) is 5.42. The minimum atomic E-state index is -1.04. The van der Waals surface area contributed by atoms with Crippen LogP contribution in [0.5, 0.6) is 0 Å². The molecule has 6 nitrogen and oxygen atoms in total. The number of hydrogen-bond donors (Lipinski definition) is 3. The Morgan fingerprint density at radius 3 is 2.64 bits per heavy atom. The number of carbonyl (C=O) groups is 2. The predicted octanol–water partition coefficient (Wildman–Crippen LogP) is 3.00. The van der Waals surface area contributed by atoms with Gasteiger partial charge in [-0.2, -0.15) is 0 Å². The Labute approximate surface area is 131 Å². The van der Waals surface area contributed by atoms with Crippen molar-refractivity contribution in [2.45, 2.75) is 31.3 Å². The Kier molecular flexibility index (Phi) is 3.94. The van der Waals surface area contributed by atoms with Crippen LogP contribution in [-0.2, 0) is 0 Å². The molecule has 7 heteroatoms. The van der Waals surface area contributed by atoms with Gasteiger partial charge in [-0.3, -0.25) is 4.79 Å². The van der Waals surface area contributed by atoms with E-state index in [0.29, 0.717) is 23.4 Å². The van der Waals surface area contributed by atoms with E-state index in [4.69, 9.17) is 21.1 Å². The molecule has 0 aliphatic heterocycles. The summed E-state index contributed by atoms with van der Waals surface area (Å²) in [5, 5.41) is 15.4. The lowest BCUT2D eigenvalue weighted by molar-refractivity contribution is 0.0911. The second kappa shape index (κ2) is 5.88. The van der Waals surface area contributed by atoms with Crippen molar-refractivity contribution in [3.63, 3.8) is 0 Å². The van der Waals surface area contributed by atoms with Gasteiger partial charge in [-0.15, -0.1) is 0 Å². The number of benzene rings is 1. The molecule has 1 heterocycles. The Morgan fingerprint density at radius 1 is 1.18 bits per heavy atom. The zero-order chi connectivity index (χ0) is 15.7. The number of fused-ring (bicyclic) bond motifs is 1. The third kappa shape index (κ3) is 3.17. The van der Waals surface area contributed by atoms with Crippen LogP contribution in [0.4, 0.5) is 4.79 Å². The predicted molar refractivity (Wildman–Crippen MR) is 81.3 cm³/mol. The van der Waals surface area contributed by atoms with Crippen molar-refractivity contribution in [1.29, 1.82) is 0 Å². The van der Waals surface area contributed by atoms with Gasteiger partial charge in [0.1, 0.15) is 5.58 Å². The molecule has 0 bridgehead atoms. The molecule has 1 fully saturated rings. The van der Waals surface area contributed by atoms with E-state index < -0.39 is 6.09 Å². The minimum absolute atomic E-state index is 0.0545. The van der Waals surface area contributed by atoms with Gasteiger partial charge in [0.25, 0.3) is 5.91 Å². The van der Waals surface area contributed by atoms with Gasteiger partial charge in [-0.25, -0.2) is 4.79 Å². The lowest BCUT2D eigenvalue weighted by atomic mass is 10.2. The zero-order valence-electron chi connectivity index (χ0n) is 11.6. The molecule has 0 saturated heterocycles. The first-order valence-corrected chi connectivity index (χ1v) is 7.38. The molecule has 2 atom stereocenters. The zero-order valence-corrected chi connectivity index (χ0v) is 12.4. The summed E-state index contributed by atoms with van der Waals surface area (Å²) in [6.45, 7) is 0. The molecule has 0 radical (unpaired) electrons. The van der Waals surface area contributed by atoms with E-state index in [0.717, 1.165) is 11.8 Å². The highest BCUT2D eigenvalue weighted by molar-refractivity contribution is 6.31. The van der Waals surface area contributed by atoms with Crippen LogP contribution in [0.2, 0.25) is 5.02 Å². The average Bonchev–Trinajstić information content (AvgIpc) is 3.04. The molecule has 1 aliphatic carbocycles. The smallest absolute Gasteiger partial charge is 0.404 e. The molecule has 1 saturated carbocycles. The molecule has 3 rings (SSSR count). The molecule has 1 aromatic carbocycles. The average molecular weight is 323 g/mol. The van der Waals surface area contributed by atoms with Gasteiger partial charge in [0, 0.05) is 22.5 Å². The summed E-state index contributed by atoms with van der Waals surface area (Å²) in [7, 11) is 0. The summed E-state index contributed by atoms with van der Waals surface area (Å²) in [6.07, 6.45) is 1.01. The van der Waals surface area contributed by atoms with Crippen LogP contribution in [0.1, 0.15) is 29.8 Å². The van der Waals surface area contributed by atoms with E-state index in [-0.39, 0.29) is 23.8 Å². The fourth-order valence-electron chi connectivity index (χ4n) is 2.80. The number of nitrogens with one attached hydrogen (secondary N) is 2. The highest BCUT2D eigenvalue weighted by Crippen LogP contribution is 2.24. The van der Waals surface area contributed by atoms with Crippen LogP contribution >= 0.6 is 11.6 Å². The van der Waals surface area contributed by atoms with Crippen LogP contribution in [0.25, 0.3) is 11.0 Å². The Bertz CT molecular complexity index is 727. The molecular formula is C15H15ClN2O4. The lowest BCUT2D eigenvalue weighted by Crippen LogP contribution is -2.36. The fraction of sp³-hybridized carbons (Fsp3) is 0.333. The van der Waals surface area contributed by atoms with Crippen molar-refractivity contribution in [2.75, 3.05) is 0 Å². The topological polar surface area (TPSA) is 91.6 Å².